The van der Waals surface area contributed by atoms with Gasteiger partial charge in [0, 0.05) is 26.2 Å². The third kappa shape index (κ3) is 9.98. The molecule has 1 unspecified atom stereocenters. The van der Waals surface area contributed by atoms with E-state index < -0.39 is 26.1 Å². The lowest BCUT2D eigenvalue weighted by Crippen LogP contribution is -2.50. The summed E-state index contributed by atoms with van der Waals surface area (Å²) in [5.74, 6) is 0. The average molecular weight is 392 g/mol. The molecule has 8 nitrogen and oxygen atoms in total. The first-order valence-electron chi connectivity index (χ1n) is 9.32. The van der Waals surface area contributed by atoms with Crippen molar-refractivity contribution in [3.63, 3.8) is 0 Å². The fourth-order valence-corrected chi connectivity index (χ4v) is 5.15. The predicted molar refractivity (Wildman–Crippen MR) is 105 cm³/mol. The molecule has 9 heteroatoms. The van der Waals surface area contributed by atoms with Crippen LogP contribution in [0, 0.1) is 0 Å². The first kappa shape index (κ1) is 24.7. The number of hydrazine groups is 1. The average Bonchev–Trinajstić information content (AvgIpc) is 2.54. The van der Waals surface area contributed by atoms with E-state index >= 15 is 0 Å². The number of carbonyl (C=O) groups is 2. The van der Waals surface area contributed by atoms with Gasteiger partial charge in [-0.25, -0.2) is 20.0 Å². The van der Waals surface area contributed by atoms with E-state index in [0.29, 0.717) is 13.0 Å². The zero-order valence-electron chi connectivity index (χ0n) is 17.3. The van der Waals surface area contributed by atoms with Crippen LogP contribution in [0.25, 0.3) is 0 Å². The van der Waals surface area contributed by atoms with Crippen LogP contribution in [-0.4, -0.2) is 62.5 Å². The largest absolute Gasteiger partial charge is 0.464 e. The minimum atomic E-state index is -1.69. The van der Waals surface area contributed by atoms with Crippen LogP contribution < -0.4 is 10.7 Å². The third-order valence-electron chi connectivity index (χ3n) is 4.39. The quantitative estimate of drug-likeness (QED) is 0.369. The van der Waals surface area contributed by atoms with Gasteiger partial charge in [-0.2, -0.15) is 0 Å². The number of nitrogens with zero attached hydrogens (tertiary/aromatic N) is 1. The molecule has 0 aliphatic carbocycles. The van der Waals surface area contributed by atoms with E-state index in [-0.39, 0.29) is 12.6 Å². The lowest BCUT2D eigenvalue weighted by molar-refractivity contribution is 0.0491. The molecule has 0 aromatic rings. The fourth-order valence-electron chi connectivity index (χ4n) is 2.49. The number of carbonyl (C=O) groups excluding carboxylic acids is 1. The van der Waals surface area contributed by atoms with Crippen LogP contribution in [-0.2, 0) is 9.16 Å². The Balaban J connectivity index is 4.76. The van der Waals surface area contributed by atoms with E-state index in [1.807, 2.05) is 0 Å². The van der Waals surface area contributed by atoms with Crippen molar-refractivity contribution in [2.45, 2.75) is 77.7 Å². The minimum Gasteiger partial charge on any atom is -0.464 e. The number of ether oxygens (including phenoxy) is 1. The highest BCUT2D eigenvalue weighted by Crippen LogP contribution is 2.21. The normalized spacial score (nSPS) is 13.2. The standard InChI is InChI=1S/C17H37N3O5Si/c1-8-26(9-2,10-3)24-12-11-14(13-18-20(7)16(22)23)19-15(21)25-17(4,5)6/h14,18H,8-13H2,1-7H3,(H,19,21)(H,22,23). The molecule has 0 saturated heterocycles. The van der Waals surface area contributed by atoms with Crippen molar-refractivity contribution >= 4 is 20.5 Å². The van der Waals surface area contributed by atoms with E-state index in [4.69, 9.17) is 14.3 Å². The minimum absolute atomic E-state index is 0.268. The van der Waals surface area contributed by atoms with Crippen molar-refractivity contribution in [3.05, 3.63) is 0 Å². The van der Waals surface area contributed by atoms with Crippen LogP contribution in [0.15, 0.2) is 0 Å². The van der Waals surface area contributed by atoms with Crippen molar-refractivity contribution in [1.29, 1.82) is 0 Å². The number of nitrogens with one attached hydrogen (secondary N) is 2. The molecule has 0 radical (unpaired) electrons. The summed E-state index contributed by atoms with van der Waals surface area (Å²) in [6, 6.07) is 2.88. The highest BCUT2D eigenvalue weighted by Gasteiger charge is 2.29. The van der Waals surface area contributed by atoms with Crippen LogP contribution in [0.3, 0.4) is 0 Å². The van der Waals surface area contributed by atoms with E-state index in [1.54, 1.807) is 20.8 Å². The number of amides is 2. The van der Waals surface area contributed by atoms with Crippen LogP contribution in [0.5, 0.6) is 0 Å². The molecule has 0 aliphatic heterocycles. The number of carboxylic acid groups (broad SMARTS) is 1. The summed E-state index contributed by atoms with van der Waals surface area (Å²) >= 11 is 0. The highest BCUT2D eigenvalue weighted by molar-refractivity contribution is 6.73. The molecule has 2 amide bonds. The monoisotopic (exact) mass is 391 g/mol. The van der Waals surface area contributed by atoms with Crippen LogP contribution in [0.2, 0.25) is 18.1 Å². The molecule has 0 aromatic carbocycles. The summed E-state index contributed by atoms with van der Waals surface area (Å²) in [6.07, 6.45) is -1.03. The second-order valence-electron chi connectivity index (χ2n) is 7.43. The number of hydrogen-bond acceptors (Lipinski definition) is 5. The molecule has 0 spiro atoms. The first-order valence-corrected chi connectivity index (χ1v) is 11.8. The molecule has 0 aliphatic rings. The van der Waals surface area contributed by atoms with Gasteiger partial charge in [0.15, 0.2) is 8.32 Å². The van der Waals surface area contributed by atoms with E-state index in [9.17, 15) is 9.59 Å². The summed E-state index contributed by atoms with van der Waals surface area (Å²) in [6.45, 7) is 12.7. The summed E-state index contributed by atoms with van der Waals surface area (Å²) in [5, 5.41) is 12.7. The number of hydrogen-bond donors (Lipinski definition) is 3. The van der Waals surface area contributed by atoms with Crippen molar-refractivity contribution < 1.29 is 23.9 Å². The SMILES string of the molecule is CC[Si](CC)(CC)OCCC(CNN(C)C(=O)O)NC(=O)OC(C)(C)C. The van der Waals surface area contributed by atoms with Gasteiger partial charge in [0.05, 0.1) is 0 Å². The fraction of sp³-hybridized carbons (Fsp3) is 0.882. The molecule has 0 aromatic heterocycles. The smallest absolute Gasteiger partial charge is 0.421 e. The lowest BCUT2D eigenvalue weighted by Gasteiger charge is -2.30. The third-order valence-corrected chi connectivity index (χ3v) is 9.07. The predicted octanol–water partition coefficient (Wildman–Crippen LogP) is 3.41. The Morgan fingerprint density at radius 1 is 1.15 bits per heavy atom. The molecule has 0 fully saturated rings. The summed E-state index contributed by atoms with van der Waals surface area (Å²) < 4.78 is 11.5. The van der Waals surface area contributed by atoms with Gasteiger partial charge < -0.3 is 19.6 Å². The Kier molecular flexibility index (Phi) is 10.8. The number of alkyl carbamates (subject to hydrolysis) is 1. The molecule has 0 rings (SSSR count). The van der Waals surface area contributed by atoms with E-state index in [0.717, 1.165) is 23.1 Å². The Bertz CT molecular complexity index is 430. The van der Waals surface area contributed by atoms with Crippen LogP contribution in [0.4, 0.5) is 9.59 Å². The first-order chi connectivity index (χ1) is 12.0. The topological polar surface area (TPSA) is 100 Å². The Morgan fingerprint density at radius 2 is 1.69 bits per heavy atom. The van der Waals surface area contributed by atoms with Gasteiger partial charge in [-0.05, 0) is 45.3 Å². The van der Waals surface area contributed by atoms with Gasteiger partial charge in [-0.1, -0.05) is 20.8 Å². The molecular weight excluding hydrogens is 354 g/mol. The van der Waals surface area contributed by atoms with Gasteiger partial charge in [-0.15, -0.1) is 0 Å². The van der Waals surface area contributed by atoms with Crippen molar-refractivity contribution in [2.24, 2.45) is 0 Å². The molecule has 0 bridgehead atoms. The van der Waals surface area contributed by atoms with Gasteiger partial charge in [-0.3, -0.25) is 0 Å². The van der Waals surface area contributed by atoms with E-state index in [1.165, 1.54) is 7.05 Å². The van der Waals surface area contributed by atoms with Crippen LogP contribution >= 0.6 is 0 Å². The highest BCUT2D eigenvalue weighted by atomic mass is 28.4. The zero-order valence-corrected chi connectivity index (χ0v) is 18.3. The number of rotatable bonds is 11. The van der Waals surface area contributed by atoms with Gasteiger partial charge in [0.1, 0.15) is 5.60 Å². The maximum atomic E-state index is 12.1. The van der Waals surface area contributed by atoms with Crippen LogP contribution in [0.1, 0.15) is 48.0 Å². The Labute approximate surface area is 158 Å². The second-order valence-corrected chi connectivity index (χ2v) is 12.2. The van der Waals surface area contributed by atoms with Crippen molar-refractivity contribution in [2.75, 3.05) is 20.2 Å². The summed E-state index contributed by atoms with van der Waals surface area (Å²) in [7, 11) is -0.285. The van der Waals surface area contributed by atoms with Gasteiger partial charge in [0.25, 0.3) is 0 Å². The summed E-state index contributed by atoms with van der Waals surface area (Å²) in [5.41, 5.74) is 2.17. The molecule has 0 heterocycles. The molecule has 3 N–H and O–H groups in total. The van der Waals surface area contributed by atoms with Gasteiger partial charge in [0.2, 0.25) is 0 Å². The van der Waals surface area contributed by atoms with Crippen molar-refractivity contribution in [3.8, 4) is 0 Å². The lowest BCUT2D eigenvalue weighted by atomic mass is 10.2. The Morgan fingerprint density at radius 3 is 2.12 bits per heavy atom. The second kappa shape index (κ2) is 11.4. The molecule has 0 saturated carbocycles. The zero-order chi connectivity index (χ0) is 20.4. The molecule has 154 valence electrons. The molecule has 26 heavy (non-hydrogen) atoms. The summed E-state index contributed by atoms with van der Waals surface area (Å²) in [4.78, 5) is 23.0. The maximum absolute atomic E-state index is 12.1. The van der Waals surface area contributed by atoms with E-state index in [2.05, 4.69) is 31.5 Å². The van der Waals surface area contributed by atoms with Crippen molar-refractivity contribution in [1.82, 2.24) is 15.8 Å². The maximum Gasteiger partial charge on any atom is 0.421 e. The Hall–Kier alpha value is -1.32. The molecule has 1 atom stereocenters. The van der Waals surface area contributed by atoms with Gasteiger partial charge >= 0.3 is 12.2 Å². The molecular formula is C17H37N3O5Si.